The third kappa shape index (κ3) is 2.75. The first-order valence-corrected chi connectivity index (χ1v) is 8.27. The maximum absolute atomic E-state index is 11.4. The smallest absolute Gasteiger partial charge is 0.295 e. The summed E-state index contributed by atoms with van der Waals surface area (Å²) in [4.78, 5) is -0.456. The van der Waals surface area contributed by atoms with Crippen LogP contribution in [0.15, 0.2) is 40.9 Å². The molecule has 0 heterocycles. The normalized spacial score (nSPS) is 19.1. The van der Waals surface area contributed by atoms with Gasteiger partial charge in [0, 0.05) is 11.3 Å². The Bertz CT molecular complexity index is 820. The van der Waals surface area contributed by atoms with Crippen molar-refractivity contribution in [2.75, 3.05) is 0 Å². The summed E-state index contributed by atoms with van der Waals surface area (Å²) in [6.45, 7) is 0. The summed E-state index contributed by atoms with van der Waals surface area (Å²) in [5, 5.41) is -1.51. The van der Waals surface area contributed by atoms with E-state index in [-0.39, 0.29) is 16.8 Å². The van der Waals surface area contributed by atoms with E-state index >= 15 is 0 Å². The first kappa shape index (κ1) is 14.7. The molecule has 4 N–H and O–H groups in total. The lowest BCUT2D eigenvalue weighted by Crippen LogP contribution is -2.13. The number of nitrogens with two attached hydrogens (primary N) is 1. The Balaban J connectivity index is 2.85. The fraction of sp³-hybridized carbons (Fsp3) is 0.0909. The van der Waals surface area contributed by atoms with Crippen molar-refractivity contribution in [3.8, 4) is 0 Å². The van der Waals surface area contributed by atoms with Gasteiger partial charge in [-0.1, -0.05) is 18.2 Å². The maximum Gasteiger partial charge on any atom is 0.295 e. The molecule has 0 saturated heterocycles. The molecule has 2 rings (SSSR count). The van der Waals surface area contributed by atoms with Crippen LogP contribution in [0.3, 0.4) is 0 Å². The average molecular weight is 317 g/mol. The molecule has 0 spiro atoms. The highest BCUT2D eigenvalue weighted by atomic mass is 32.2. The molecule has 1 aromatic rings. The molecular weight excluding hydrogens is 306 g/mol. The standard InChI is InChI=1S/C11H11NO6S2/c12-7-4-5-9-8(11(6-7)20(16,17)18)2-1-3-10(9)19(13,14)15/h1-6,11H,12H2,(H,13,14,15)(H,16,17,18). The summed E-state index contributed by atoms with van der Waals surface area (Å²) in [6.07, 6.45) is 3.65. The molecule has 1 aromatic carbocycles. The number of benzene rings is 1. The first-order valence-electron chi connectivity index (χ1n) is 5.33. The van der Waals surface area contributed by atoms with Crippen molar-refractivity contribution < 1.29 is 25.9 Å². The quantitative estimate of drug-likeness (QED) is 0.684. The molecule has 1 aliphatic rings. The molecule has 20 heavy (non-hydrogen) atoms. The Kier molecular flexibility index (Phi) is 3.46. The third-order valence-electron chi connectivity index (χ3n) is 2.79. The van der Waals surface area contributed by atoms with E-state index in [0.717, 1.165) is 12.1 Å². The zero-order valence-electron chi connectivity index (χ0n) is 9.96. The molecule has 108 valence electrons. The fourth-order valence-corrected chi connectivity index (χ4v) is 3.53. The van der Waals surface area contributed by atoms with Crippen molar-refractivity contribution >= 4 is 26.3 Å². The van der Waals surface area contributed by atoms with Crippen LogP contribution < -0.4 is 5.73 Å². The Morgan fingerprint density at radius 2 is 1.70 bits per heavy atom. The second kappa shape index (κ2) is 4.70. The highest BCUT2D eigenvalue weighted by molar-refractivity contribution is 7.86. The van der Waals surface area contributed by atoms with E-state index in [0.29, 0.717) is 0 Å². The SMILES string of the molecule is NC1=CC(S(=O)(=O)O)c2cccc(S(=O)(=O)O)c2C=C1. The zero-order chi connectivity index (χ0) is 15.1. The molecule has 7 nitrogen and oxygen atoms in total. The predicted molar refractivity (Wildman–Crippen MR) is 71.9 cm³/mol. The molecule has 1 unspecified atom stereocenters. The van der Waals surface area contributed by atoms with Gasteiger partial charge in [-0.25, -0.2) is 0 Å². The lowest BCUT2D eigenvalue weighted by molar-refractivity contribution is 0.474. The van der Waals surface area contributed by atoms with Gasteiger partial charge in [0.25, 0.3) is 20.2 Å². The van der Waals surface area contributed by atoms with Crippen LogP contribution in [0.5, 0.6) is 0 Å². The summed E-state index contributed by atoms with van der Waals surface area (Å²) in [7, 11) is -9.07. The third-order valence-corrected chi connectivity index (χ3v) is 4.74. The number of hydrogen-bond acceptors (Lipinski definition) is 5. The van der Waals surface area contributed by atoms with Gasteiger partial charge < -0.3 is 5.73 Å². The lowest BCUT2D eigenvalue weighted by Gasteiger charge is -2.14. The van der Waals surface area contributed by atoms with Crippen molar-refractivity contribution in [1.29, 1.82) is 0 Å². The van der Waals surface area contributed by atoms with E-state index in [1.54, 1.807) is 0 Å². The number of fused-ring (bicyclic) bond motifs is 1. The minimum atomic E-state index is -4.54. The van der Waals surface area contributed by atoms with E-state index in [2.05, 4.69) is 0 Å². The Morgan fingerprint density at radius 1 is 1.05 bits per heavy atom. The summed E-state index contributed by atoms with van der Waals surface area (Å²) in [5.74, 6) is 0. The molecule has 0 fully saturated rings. The van der Waals surface area contributed by atoms with Gasteiger partial charge in [0.1, 0.15) is 10.1 Å². The van der Waals surface area contributed by atoms with Crippen molar-refractivity contribution in [3.63, 3.8) is 0 Å². The second-order valence-corrected chi connectivity index (χ2v) is 7.10. The van der Waals surface area contributed by atoms with Gasteiger partial charge in [-0.05, 0) is 23.8 Å². The van der Waals surface area contributed by atoms with Crippen LogP contribution in [-0.4, -0.2) is 25.9 Å². The minimum Gasteiger partial charge on any atom is -0.399 e. The van der Waals surface area contributed by atoms with Gasteiger partial charge in [-0.15, -0.1) is 0 Å². The highest BCUT2D eigenvalue weighted by Crippen LogP contribution is 2.33. The Hall–Kier alpha value is -1.68. The van der Waals surface area contributed by atoms with Crippen molar-refractivity contribution in [2.24, 2.45) is 5.73 Å². The molecular formula is C11H11NO6S2. The molecule has 0 aromatic heterocycles. The molecule has 0 bridgehead atoms. The van der Waals surface area contributed by atoms with Crippen molar-refractivity contribution in [3.05, 3.63) is 47.2 Å². The Morgan fingerprint density at radius 3 is 2.25 bits per heavy atom. The topological polar surface area (TPSA) is 135 Å². The Labute approximate surface area is 115 Å². The summed E-state index contributed by atoms with van der Waals surface area (Å²) >= 11 is 0. The molecule has 0 saturated carbocycles. The van der Waals surface area contributed by atoms with Crippen molar-refractivity contribution in [1.82, 2.24) is 0 Å². The van der Waals surface area contributed by atoms with Crippen LogP contribution in [0.1, 0.15) is 16.4 Å². The molecule has 1 aliphatic carbocycles. The maximum atomic E-state index is 11.4. The predicted octanol–water partition coefficient (Wildman–Crippen LogP) is 0.732. The van der Waals surface area contributed by atoms with Gasteiger partial charge in [0.05, 0.1) is 0 Å². The number of rotatable bonds is 2. The average Bonchev–Trinajstić information content (AvgIpc) is 2.47. The summed E-state index contributed by atoms with van der Waals surface area (Å²) in [6, 6.07) is 3.73. The molecule has 0 aliphatic heterocycles. The molecule has 1 atom stereocenters. The molecule has 0 radical (unpaired) electrons. The molecule has 9 heteroatoms. The van der Waals surface area contributed by atoms with E-state index in [4.69, 9.17) is 10.3 Å². The van der Waals surface area contributed by atoms with E-state index in [9.17, 15) is 21.4 Å². The number of allylic oxidation sites excluding steroid dienone is 1. The van der Waals surface area contributed by atoms with Crippen LogP contribution in [0.4, 0.5) is 0 Å². The highest BCUT2D eigenvalue weighted by Gasteiger charge is 2.29. The van der Waals surface area contributed by atoms with E-state index in [1.807, 2.05) is 0 Å². The first-order chi connectivity index (χ1) is 9.10. The van der Waals surface area contributed by atoms with E-state index < -0.39 is 30.4 Å². The summed E-state index contributed by atoms with van der Waals surface area (Å²) < 4.78 is 63.9. The largest absolute Gasteiger partial charge is 0.399 e. The second-order valence-electron chi connectivity index (χ2n) is 4.17. The van der Waals surface area contributed by atoms with Gasteiger partial charge in [0.2, 0.25) is 0 Å². The van der Waals surface area contributed by atoms with Gasteiger partial charge in [-0.3, -0.25) is 9.11 Å². The monoisotopic (exact) mass is 317 g/mol. The number of hydrogen-bond donors (Lipinski definition) is 3. The molecule has 0 amide bonds. The van der Waals surface area contributed by atoms with E-state index in [1.165, 1.54) is 24.3 Å². The fourth-order valence-electron chi connectivity index (χ4n) is 1.96. The van der Waals surface area contributed by atoms with Crippen LogP contribution in [0, 0.1) is 0 Å². The van der Waals surface area contributed by atoms with Crippen LogP contribution in [-0.2, 0) is 20.2 Å². The van der Waals surface area contributed by atoms with Crippen LogP contribution >= 0.6 is 0 Å². The van der Waals surface area contributed by atoms with Crippen LogP contribution in [0.25, 0.3) is 6.08 Å². The minimum absolute atomic E-state index is 0.0133. The van der Waals surface area contributed by atoms with Gasteiger partial charge in [-0.2, -0.15) is 16.8 Å². The summed E-state index contributed by atoms with van der Waals surface area (Å²) in [5.41, 5.74) is 5.57. The lowest BCUT2D eigenvalue weighted by atomic mass is 10.1. The van der Waals surface area contributed by atoms with Crippen molar-refractivity contribution in [2.45, 2.75) is 10.1 Å². The van der Waals surface area contributed by atoms with Gasteiger partial charge in [0.15, 0.2) is 0 Å². The van der Waals surface area contributed by atoms with Crippen LogP contribution in [0.2, 0.25) is 0 Å². The van der Waals surface area contributed by atoms with Gasteiger partial charge >= 0.3 is 0 Å². The zero-order valence-corrected chi connectivity index (χ0v) is 11.6.